The minimum absolute atomic E-state index is 0.175. The van der Waals surface area contributed by atoms with Crippen LogP contribution in [-0.2, 0) is 0 Å². The monoisotopic (exact) mass is 278 g/mol. The number of para-hydroxylation sites is 1. The lowest BCUT2D eigenvalue weighted by molar-refractivity contribution is -0.384. The van der Waals surface area contributed by atoms with Crippen molar-refractivity contribution in [3.05, 3.63) is 33.9 Å². The highest BCUT2D eigenvalue weighted by atomic mass is 16.6. The molecule has 2 unspecified atom stereocenters. The van der Waals surface area contributed by atoms with Crippen LogP contribution in [0.25, 0.3) is 0 Å². The Bertz CT molecular complexity index is 544. The number of carbonyl (C=O) groups is 1. The van der Waals surface area contributed by atoms with Crippen LogP contribution in [0.15, 0.2) is 18.2 Å². The van der Waals surface area contributed by atoms with Gasteiger partial charge >= 0.3 is 11.7 Å². The van der Waals surface area contributed by atoms with E-state index in [1.807, 2.05) is 11.8 Å². The van der Waals surface area contributed by atoms with E-state index in [0.29, 0.717) is 18.2 Å². The smallest absolute Gasteiger partial charge is 0.342 e. The second kappa shape index (κ2) is 5.48. The standard InChI is InChI=1S/C14H18N2O4/c1-9-6-7-10(2)15(8-9)12-5-3-4-11(14(17)18)13(12)16(19)20/h3-5,9-10H,6-8H2,1-2H3,(H,17,18). The van der Waals surface area contributed by atoms with E-state index in [1.54, 1.807) is 12.1 Å². The molecular formula is C14H18N2O4. The predicted molar refractivity (Wildman–Crippen MR) is 75.3 cm³/mol. The fourth-order valence-corrected chi connectivity index (χ4v) is 2.75. The Morgan fingerprint density at radius 2 is 2.10 bits per heavy atom. The van der Waals surface area contributed by atoms with E-state index >= 15 is 0 Å². The van der Waals surface area contributed by atoms with E-state index in [-0.39, 0.29) is 17.3 Å². The van der Waals surface area contributed by atoms with Crippen molar-refractivity contribution in [3.8, 4) is 0 Å². The number of rotatable bonds is 3. The molecule has 0 radical (unpaired) electrons. The molecular weight excluding hydrogens is 260 g/mol. The zero-order chi connectivity index (χ0) is 14.9. The number of piperidine rings is 1. The van der Waals surface area contributed by atoms with Crippen molar-refractivity contribution in [3.63, 3.8) is 0 Å². The summed E-state index contributed by atoms with van der Waals surface area (Å²) in [5, 5.41) is 20.4. The molecule has 1 N–H and O–H groups in total. The van der Waals surface area contributed by atoms with Gasteiger partial charge in [0.25, 0.3) is 0 Å². The van der Waals surface area contributed by atoms with Crippen molar-refractivity contribution < 1.29 is 14.8 Å². The molecule has 1 heterocycles. The lowest BCUT2D eigenvalue weighted by Gasteiger charge is -2.38. The lowest BCUT2D eigenvalue weighted by atomic mass is 9.94. The van der Waals surface area contributed by atoms with Crippen LogP contribution in [0.5, 0.6) is 0 Å². The van der Waals surface area contributed by atoms with E-state index in [4.69, 9.17) is 5.11 Å². The summed E-state index contributed by atoms with van der Waals surface area (Å²) in [5.41, 5.74) is -0.146. The van der Waals surface area contributed by atoms with Gasteiger partial charge in [0, 0.05) is 12.6 Å². The van der Waals surface area contributed by atoms with E-state index in [9.17, 15) is 14.9 Å². The summed E-state index contributed by atoms with van der Waals surface area (Å²) in [4.78, 5) is 23.8. The Morgan fingerprint density at radius 3 is 2.70 bits per heavy atom. The van der Waals surface area contributed by atoms with Gasteiger partial charge in [-0.05, 0) is 37.8 Å². The van der Waals surface area contributed by atoms with E-state index < -0.39 is 10.9 Å². The van der Waals surface area contributed by atoms with Gasteiger partial charge in [0.05, 0.1) is 4.92 Å². The maximum absolute atomic E-state index is 11.3. The lowest BCUT2D eigenvalue weighted by Crippen LogP contribution is -2.41. The quantitative estimate of drug-likeness (QED) is 0.679. The SMILES string of the molecule is CC1CCC(C)N(c2cccc(C(=O)O)c2[N+](=O)[O-])C1. The molecule has 1 aliphatic heterocycles. The second-order valence-corrected chi connectivity index (χ2v) is 5.42. The third kappa shape index (κ3) is 2.59. The number of nitro benzene ring substituents is 1. The highest BCUT2D eigenvalue weighted by molar-refractivity contribution is 5.95. The van der Waals surface area contributed by atoms with Gasteiger partial charge in [0.1, 0.15) is 11.3 Å². The van der Waals surface area contributed by atoms with Crippen LogP contribution in [0.1, 0.15) is 37.0 Å². The molecule has 6 heteroatoms. The summed E-state index contributed by atoms with van der Waals surface area (Å²) in [6, 6.07) is 4.66. The highest BCUT2D eigenvalue weighted by Crippen LogP contribution is 2.36. The Hall–Kier alpha value is -2.11. The van der Waals surface area contributed by atoms with E-state index in [0.717, 1.165) is 12.8 Å². The minimum atomic E-state index is -1.27. The number of carboxylic acid groups (broad SMARTS) is 1. The molecule has 0 aliphatic carbocycles. The van der Waals surface area contributed by atoms with E-state index in [2.05, 4.69) is 6.92 Å². The number of anilines is 1. The Kier molecular flexibility index (Phi) is 3.92. The van der Waals surface area contributed by atoms with Crippen molar-refractivity contribution in [2.75, 3.05) is 11.4 Å². The zero-order valence-corrected chi connectivity index (χ0v) is 11.6. The van der Waals surface area contributed by atoms with Crippen LogP contribution in [0.4, 0.5) is 11.4 Å². The van der Waals surface area contributed by atoms with Crippen LogP contribution in [0.2, 0.25) is 0 Å². The summed E-state index contributed by atoms with van der Waals surface area (Å²) < 4.78 is 0. The van der Waals surface area contributed by atoms with Crippen LogP contribution in [-0.4, -0.2) is 28.6 Å². The van der Waals surface area contributed by atoms with Gasteiger partial charge in [0.2, 0.25) is 0 Å². The van der Waals surface area contributed by atoms with Crippen molar-refractivity contribution in [2.45, 2.75) is 32.7 Å². The molecule has 20 heavy (non-hydrogen) atoms. The summed E-state index contributed by atoms with van der Waals surface area (Å²) in [6.45, 7) is 4.83. The number of benzene rings is 1. The normalized spacial score (nSPS) is 22.6. The van der Waals surface area contributed by atoms with E-state index in [1.165, 1.54) is 6.07 Å². The minimum Gasteiger partial charge on any atom is -0.477 e. The molecule has 0 amide bonds. The molecule has 0 bridgehead atoms. The maximum atomic E-state index is 11.3. The van der Waals surface area contributed by atoms with Gasteiger partial charge in [-0.2, -0.15) is 0 Å². The molecule has 2 rings (SSSR count). The van der Waals surface area contributed by atoms with Crippen molar-refractivity contribution in [1.29, 1.82) is 0 Å². The fourth-order valence-electron chi connectivity index (χ4n) is 2.75. The van der Waals surface area contributed by atoms with Crippen molar-refractivity contribution in [1.82, 2.24) is 0 Å². The third-order valence-corrected chi connectivity index (χ3v) is 3.85. The van der Waals surface area contributed by atoms with Crippen LogP contribution < -0.4 is 4.90 Å². The van der Waals surface area contributed by atoms with Crippen LogP contribution >= 0.6 is 0 Å². The first-order valence-electron chi connectivity index (χ1n) is 6.69. The third-order valence-electron chi connectivity index (χ3n) is 3.85. The fraction of sp³-hybridized carbons (Fsp3) is 0.500. The first-order valence-corrected chi connectivity index (χ1v) is 6.69. The molecule has 1 aliphatic rings. The summed E-state index contributed by atoms with van der Waals surface area (Å²) >= 11 is 0. The van der Waals surface area contributed by atoms with Crippen molar-refractivity contribution in [2.24, 2.45) is 5.92 Å². The molecule has 1 saturated heterocycles. The second-order valence-electron chi connectivity index (χ2n) is 5.42. The Morgan fingerprint density at radius 1 is 1.40 bits per heavy atom. The average Bonchev–Trinajstić information content (AvgIpc) is 2.40. The Labute approximate surface area is 117 Å². The highest BCUT2D eigenvalue weighted by Gasteiger charge is 2.31. The van der Waals surface area contributed by atoms with Crippen molar-refractivity contribution >= 4 is 17.3 Å². The van der Waals surface area contributed by atoms with Crippen LogP contribution in [0.3, 0.4) is 0 Å². The topological polar surface area (TPSA) is 83.7 Å². The molecule has 1 aromatic rings. The van der Waals surface area contributed by atoms with Gasteiger partial charge in [-0.1, -0.05) is 13.0 Å². The number of aromatic carboxylic acids is 1. The number of nitrogens with zero attached hydrogens (tertiary/aromatic N) is 2. The number of hydrogen-bond acceptors (Lipinski definition) is 4. The first kappa shape index (κ1) is 14.3. The predicted octanol–water partition coefficient (Wildman–Crippen LogP) is 2.92. The summed E-state index contributed by atoms with van der Waals surface area (Å²) in [7, 11) is 0. The molecule has 1 fully saturated rings. The molecule has 0 saturated carbocycles. The maximum Gasteiger partial charge on any atom is 0.342 e. The molecule has 6 nitrogen and oxygen atoms in total. The number of hydrogen-bond donors (Lipinski definition) is 1. The summed E-state index contributed by atoms with van der Waals surface area (Å²) in [6.07, 6.45) is 2.04. The van der Waals surface area contributed by atoms with Crippen LogP contribution in [0, 0.1) is 16.0 Å². The van der Waals surface area contributed by atoms with Gasteiger partial charge in [0.15, 0.2) is 0 Å². The van der Waals surface area contributed by atoms with Gasteiger partial charge in [-0.25, -0.2) is 4.79 Å². The first-order chi connectivity index (χ1) is 9.41. The number of nitro groups is 1. The Balaban J connectivity index is 2.52. The molecule has 0 spiro atoms. The average molecular weight is 278 g/mol. The molecule has 1 aromatic carbocycles. The van der Waals surface area contributed by atoms with Gasteiger partial charge < -0.3 is 10.0 Å². The largest absolute Gasteiger partial charge is 0.477 e. The molecule has 108 valence electrons. The molecule has 0 aromatic heterocycles. The zero-order valence-electron chi connectivity index (χ0n) is 11.6. The summed E-state index contributed by atoms with van der Waals surface area (Å²) in [5.74, 6) is -0.824. The van der Waals surface area contributed by atoms with Gasteiger partial charge in [-0.3, -0.25) is 10.1 Å². The number of carboxylic acids is 1. The molecule has 2 atom stereocenters. The van der Waals surface area contributed by atoms with Gasteiger partial charge in [-0.15, -0.1) is 0 Å².